The van der Waals surface area contributed by atoms with E-state index in [-0.39, 0.29) is 17.4 Å². The number of aromatic hydroxyl groups is 1. The van der Waals surface area contributed by atoms with Gasteiger partial charge in [-0.1, -0.05) is 35.9 Å². The number of hydrogen-bond acceptors (Lipinski definition) is 6. The number of nitrogens with zero attached hydrogens (tertiary/aromatic N) is 2. The molecule has 3 aromatic rings. The van der Waals surface area contributed by atoms with Gasteiger partial charge in [-0.3, -0.25) is 14.4 Å². The number of anilines is 2. The number of hydroxylamine groups is 1. The summed E-state index contributed by atoms with van der Waals surface area (Å²) in [5.74, 6) is -1.30. The van der Waals surface area contributed by atoms with Gasteiger partial charge in [0.1, 0.15) is 5.92 Å². The highest BCUT2D eigenvalue weighted by Crippen LogP contribution is 2.49. The Bertz CT molecular complexity index is 1230. The van der Waals surface area contributed by atoms with Crippen molar-refractivity contribution in [3.8, 4) is 11.5 Å². The highest BCUT2D eigenvalue weighted by molar-refractivity contribution is 9.10. The normalized spacial score (nSPS) is 22.1. The minimum atomic E-state index is -0.970. The number of benzene rings is 3. The number of fused-ring (bicyclic) bond motifs is 1. The molecule has 0 spiro atoms. The highest BCUT2D eigenvalue weighted by atomic mass is 79.9. The van der Waals surface area contributed by atoms with Gasteiger partial charge in [0.2, 0.25) is 5.91 Å². The highest BCUT2D eigenvalue weighted by Gasteiger charge is 2.60. The average Bonchev–Trinajstić information content (AvgIpc) is 3.33. The standard InChI is InChI=1S/C25H21BrN2O5/c1-14-8-10-16(11-9-14)27-24(30)20-21(15-12-18(26)22(29)19(13-15)32-2)28(33-23(20)25(27)31)17-6-4-3-5-7-17/h3-13,20-21,23,29H,1-2H3/t20-,21+,23-/m0/s1. The SMILES string of the molecule is COc1cc([C@@H]2[C@@H]3C(=O)N(c4ccc(C)cc4)C(=O)[C@H]3ON2c2ccccc2)cc(Br)c1O. The van der Waals surface area contributed by atoms with Crippen molar-refractivity contribution in [2.24, 2.45) is 5.92 Å². The molecule has 2 aliphatic rings. The largest absolute Gasteiger partial charge is 0.503 e. The van der Waals surface area contributed by atoms with E-state index in [4.69, 9.17) is 9.57 Å². The lowest BCUT2D eigenvalue weighted by Gasteiger charge is -2.29. The minimum Gasteiger partial charge on any atom is -0.503 e. The van der Waals surface area contributed by atoms with Gasteiger partial charge in [0.05, 0.1) is 29.0 Å². The fourth-order valence-corrected chi connectivity index (χ4v) is 4.88. The number of halogens is 1. The van der Waals surface area contributed by atoms with Crippen molar-refractivity contribution in [2.75, 3.05) is 17.1 Å². The summed E-state index contributed by atoms with van der Waals surface area (Å²) in [5.41, 5.74) is 2.92. The second-order valence-corrected chi connectivity index (χ2v) is 8.91. The van der Waals surface area contributed by atoms with Crippen LogP contribution in [0.4, 0.5) is 11.4 Å². The van der Waals surface area contributed by atoms with E-state index >= 15 is 0 Å². The van der Waals surface area contributed by atoms with Crippen molar-refractivity contribution >= 4 is 39.1 Å². The third kappa shape index (κ3) is 3.46. The van der Waals surface area contributed by atoms with Gasteiger partial charge in [0, 0.05) is 0 Å². The van der Waals surface area contributed by atoms with Gasteiger partial charge < -0.3 is 9.84 Å². The van der Waals surface area contributed by atoms with E-state index in [1.54, 1.807) is 29.3 Å². The summed E-state index contributed by atoms with van der Waals surface area (Å²) in [7, 11) is 1.46. The summed E-state index contributed by atoms with van der Waals surface area (Å²) < 4.78 is 5.74. The van der Waals surface area contributed by atoms with Gasteiger partial charge in [0.15, 0.2) is 17.6 Å². The molecule has 2 aliphatic heterocycles. The number of imide groups is 1. The van der Waals surface area contributed by atoms with Crippen LogP contribution in [0.1, 0.15) is 17.2 Å². The van der Waals surface area contributed by atoms with Crippen LogP contribution in [0.3, 0.4) is 0 Å². The van der Waals surface area contributed by atoms with E-state index in [1.807, 2.05) is 49.4 Å². The van der Waals surface area contributed by atoms with Crippen LogP contribution in [0.2, 0.25) is 0 Å². The van der Waals surface area contributed by atoms with Crippen molar-refractivity contribution in [2.45, 2.75) is 19.1 Å². The molecule has 1 N–H and O–H groups in total. The second kappa shape index (κ2) is 8.20. The van der Waals surface area contributed by atoms with Crippen molar-refractivity contribution in [1.82, 2.24) is 0 Å². The molecule has 0 bridgehead atoms. The molecule has 0 aromatic heterocycles. The average molecular weight is 509 g/mol. The first kappa shape index (κ1) is 21.5. The van der Waals surface area contributed by atoms with Crippen molar-refractivity contribution in [1.29, 1.82) is 0 Å². The first-order chi connectivity index (χ1) is 15.9. The van der Waals surface area contributed by atoms with Crippen LogP contribution in [0.5, 0.6) is 11.5 Å². The van der Waals surface area contributed by atoms with E-state index in [2.05, 4.69) is 15.9 Å². The fraction of sp³-hybridized carbons (Fsp3) is 0.200. The number of phenols is 1. The quantitative estimate of drug-likeness (QED) is 0.521. The first-order valence-electron chi connectivity index (χ1n) is 10.4. The molecule has 2 fully saturated rings. The van der Waals surface area contributed by atoms with E-state index in [1.165, 1.54) is 12.0 Å². The summed E-state index contributed by atoms with van der Waals surface area (Å²) in [6, 6.07) is 19.3. The molecule has 33 heavy (non-hydrogen) atoms. The third-order valence-electron chi connectivity index (χ3n) is 6.03. The monoisotopic (exact) mass is 508 g/mol. The van der Waals surface area contributed by atoms with Crippen LogP contribution < -0.4 is 14.7 Å². The van der Waals surface area contributed by atoms with E-state index in [0.29, 0.717) is 21.4 Å². The van der Waals surface area contributed by atoms with Crippen molar-refractivity contribution in [3.05, 3.63) is 82.3 Å². The molecule has 8 heteroatoms. The molecule has 168 valence electrons. The Morgan fingerprint density at radius 3 is 2.33 bits per heavy atom. The Kier molecular flexibility index (Phi) is 5.34. The van der Waals surface area contributed by atoms with Crippen LogP contribution in [0.25, 0.3) is 0 Å². The molecular weight excluding hydrogens is 488 g/mol. The fourth-order valence-electron chi connectivity index (χ4n) is 4.42. The zero-order valence-corrected chi connectivity index (χ0v) is 19.5. The number of phenolic OH excluding ortho intramolecular Hbond substituents is 1. The first-order valence-corrected chi connectivity index (χ1v) is 11.2. The number of carbonyl (C=O) groups excluding carboxylic acids is 2. The van der Waals surface area contributed by atoms with Gasteiger partial charge in [-0.15, -0.1) is 0 Å². The maximum atomic E-state index is 13.7. The summed E-state index contributed by atoms with van der Waals surface area (Å²) >= 11 is 3.36. The van der Waals surface area contributed by atoms with Gasteiger partial charge in [-0.2, -0.15) is 0 Å². The molecule has 5 rings (SSSR count). The Balaban J connectivity index is 1.62. The maximum Gasteiger partial charge on any atom is 0.266 e. The molecular formula is C25H21BrN2O5. The van der Waals surface area contributed by atoms with E-state index in [9.17, 15) is 14.7 Å². The molecule has 7 nitrogen and oxygen atoms in total. The number of ether oxygens (including phenoxy) is 1. The smallest absolute Gasteiger partial charge is 0.266 e. The Hall–Kier alpha value is -3.36. The lowest BCUT2D eigenvalue weighted by Crippen LogP contribution is -2.37. The van der Waals surface area contributed by atoms with Crippen LogP contribution >= 0.6 is 15.9 Å². The predicted octanol–water partition coefficient (Wildman–Crippen LogP) is 4.52. The van der Waals surface area contributed by atoms with Gasteiger partial charge in [-0.25, -0.2) is 9.96 Å². The molecule has 2 saturated heterocycles. The zero-order valence-electron chi connectivity index (χ0n) is 17.9. The molecule has 2 heterocycles. The number of hydrogen-bond donors (Lipinski definition) is 1. The number of rotatable bonds is 4. The van der Waals surface area contributed by atoms with E-state index < -0.39 is 24.0 Å². The summed E-state index contributed by atoms with van der Waals surface area (Å²) in [5, 5.41) is 11.9. The number of amides is 2. The second-order valence-electron chi connectivity index (χ2n) is 8.06. The Labute approximate surface area is 199 Å². The lowest BCUT2D eigenvalue weighted by molar-refractivity contribution is -0.126. The predicted molar refractivity (Wildman–Crippen MR) is 126 cm³/mol. The van der Waals surface area contributed by atoms with Crippen LogP contribution in [-0.2, 0) is 14.4 Å². The summed E-state index contributed by atoms with van der Waals surface area (Å²) in [4.78, 5) is 34.4. The van der Waals surface area contributed by atoms with E-state index in [0.717, 1.165) is 5.56 Å². The van der Waals surface area contributed by atoms with Crippen LogP contribution in [0, 0.1) is 12.8 Å². The Morgan fingerprint density at radius 2 is 1.67 bits per heavy atom. The van der Waals surface area contributed by atoms with Gasteiger partial charge in [-0.05, 0) is 64.8 Å². The molecule has 0 aliphatic carbocycles. The zero-order chi connectivity index (χ0) is 23.3. The summed E-state index contributed by atoms with van der Waals surface area (Å²) in [6.45, 7) is 1.94. The lowest BCUT2D eigenvalue weighted by atomic mass is 9.90. The Morgan fingerprint density at radius 1 is 0.970 bits per heavy atom. The molecule has 3 aromatic carbocycles. The topological polar surface area (TPSA) is 79.3 Å². The molecule has 3 atom stereocenters. The van der Waals surface area contributed by atoms with Crippen LogP contribution in [-0.4, -0.2) is 30.1 Å². The molecule has 0 unspecified atom stereocenters. The maximum absolute atomic E-state index is 13.7. The number of carbonyl (C=O) groups is 2. The molecule has 0 radical (unpaired) electrons. The summed E-state index contributed by atoms with van der Waals surface area (Å²) in [6.07, 6.45) is -0.970. The number of para-hydroxylation sites is 1. The van der Waals surface area contributed by atoms with Crippen molar-refractivity contribution < 1.29 is 24.3 Å². The van der Waals surface area contributed by atoms with Gasteiger partial charge >= 0.3 is 0 Å². The number of methoxy groups -OCH3 is 1. The molecule has 0 saturated carbocycles. The van der Waals surface area contributed by atoms with Crippen molar-refractivity contribution in [3.63, 3.8) is 0 Å². The third-order valence-corrected chi connectivity index (χ3v) is 6.63. The molecule has 2 amide bonds. The van der Waals surface area contributed by atoms with Gasteiger partial charge in [0.25, 0.3) is 5.91 Å². The minimum absolute atomic E-state index is 0.0434. The van der Waals surface area contributed by atoms with Crippen LogP contribution in [0.15, 0.2) is 71.2 Å². The number of aryl methyl sites for hydroxylation is 1.